The van der Waals surface area contributed by atoms with Crippen LogP contribution in [0.2, 0.25) is 0 Å². The summed E-state index contributed by atoms with van der Waals surface area (Å²) in [5.41, 5.74) is 0. The molecule has 3 heterocycles. The third-order valence-corrected chi connectivity index (χ3v) is 3.67. The topological polar surface area (TPSA) is 72.7 Å². The average Bonchev–Trinajstić information content (AvgIpc) is 3.20. The Morgan fingerprint density at radius 3 is 2.91 bits per heavy atom. The molecule has 0 aliphatic carbocycles. The fraction of sp³-hybridized carbons (Fsp3) is 0.143. The molecule has 0 bridgehead atoms. The van der Waals surface area contributed by atoms with Crippen LogP contribution in [0.4, 0.5) is 10.2 Å². The normalized spacial score (nSPS) is 12.1. The molecule has 1 unspecified atom stereocenters. The monoisotopic (exact) mass is 317 g/mol. The summed E-state index contributed by atoms with van der Waals surface area (Å²) >= 11 is 1.47. The second-order valence-electron chi connectivity index (χ2n) is 4.47. The lowest BCUT2D eigenvalue weighted by Gasteiger charge is -2.09. The van der Waals surface area contributed by atoms with Crippen LogP contribution >= 0.6 is 11.3 Å². The van der Waals surface area contributed by atoms with Gasteiger partial charge in [0, 0.05) is 18.5 Å². The molecule has 1 amide bonds. The summed E-state index contributed by atoms with van der Waals surface area (Å²) < 4.78 is 14.6. The van der Waals surface area contributed by atoms with Gasteiger partial charge in [-0.2, -0.15) is 5.10 Å². The summed E-state index contributed by atoms with van der Waals surface area (Å²) in [6.07, 6.45) is 1.73. The zero-order chi connectivity index (χ0) is 15.5. The molecule has 8 heteroatoms. The SMILES string of the molecule is CC(F)C(=O)Nc1cc(-n2cccn2)nc(-c2cccs2)n1. The zero-order valence-corrected chi connectivity index (χ0v) is 12.4. The number of carbonyl (C=O) groups is 1. The summed E-state index contributed by atoms with van der Waals surface area (Å²) in [6, 6.07) is 7.06. The van der Waals surface area contributed by atoms with Gasteiger partial charge in [-0.3, -0.25) is 4.79 Å². The van der Waals surface area contributed by atoms with Gasteiger partial charge < -0.3 is 5.32 Å². The van der Waals surface area contributed by atoms with Crippen molar-refractivity contribution in [3.8, 4) is 16.5 Å². The average molecular weight is 317 g/mol. The fourth-order valence-electron chi connectivity index (χ4n) is 1.76. The van der Waals surface area contributed by atoms with E-state index in [1.54, 1.807) is 29.2 Å². The molecule has 3 rings (SSSR count). The van der Waals surface area contributed by atoms with Crippen molar-refractivity contribution in [1.82, 2.24) is 19.7 Å². The number of carbonyl (C=O) groups excluding carboxylic acids is 1. The van der Waals surface area contributed by atoms with Gasteiger partial charge in [0.2, 0.25) is 0 Å². The van der Waals surface area contributed by atoms with Gasteiger partial charge in [-0.05, 0) is 24.4 Å². The number of amides is 1. The maximum Gasteiger partial charge on any atom is 0.259 e. The van der Waals surface area contributed by atoms with Crippen molar-refractivity contribution in [2.45, 2.75) is 13.1 Å². The van der Waals surface area contributed by atoms with E-state index in [9.17, 15) is 9.18 Å². The molecular formula is C14H12FN5OS. The molecule has 0 saturated carbocycles. The van der Waals surface area contributed by atoms with E-state index in [0.29, 0.717) is 11.6 Å². The van der Waals surface area contributed by atoms with Crippen LogP contribution in [-0.4, -0.2) is 31.8 Å². The van der Waals surface area contributed by atoms with Crippen molar-refractivity contribution in [2.24, 2.45) is 0 Å². The second-order valence-corrected chi connectivity index (χ2v) is 5.42. The van der Waals surface area contributed by atoms with E-state index in [1.165, 1.54) is 18.3 Å². The Kier molecular flexibility index (Phi) is 3.92. The first kappa shape index (κ1) is 14.3. The van der Waals surface area contributed by atoms with Crippen LogP contribution < -0.4 is 5.32 Å². The number of thiophene rings is 1. The Balaban J connectivity index is 2.04. The Morgan fingerprint density at radius 1 is 1.41 bits per heavy atom. The van der Waals surface area contributed by atoms with Gasteiger partial charge in [0.05, 0.1) is 4.88 Å². The highest BCUT2D eigenvalue weighted by atomic mass is 32.1. The summed E-state index contributed by atoms with van der Waals surface area (Å²) in [7, 11) is 0. The quantitative estimate of drug-likeness (QED) is 0.803. The minimum Gasteiger partial charge on any atom is -0.308 e. The Morgan fingerprint density at radius 2 is 2.27 bits per heavy atom. The maximum absolute atomic E-state index is 13.1. The predicted molar refractivity (Wildman–Crippen MR) is 81.7 cm³/mol. The molecule has 0 saturated heterocycles. The summed E-state index contributed by atoms with van der Waals surface area (Å²) in [5.74, 6) is 0.427. The molecule has 0 fully saturated rings. The smallest absolute Gasteiger partial charge is 0.259 e. The van der Waals surface area contributed by atoms with Crippen molar-refractivity contribution in [1.29, 1.82) is 0 Å². The number of rotatable bonds is 4. The number of anilines is 1. The van der Waals surface area contributed by atoms with Gasteiger partial charge in [0.1, 0.15) is 5.82 Å². The molecule has 1 atom stereocenters. The first-order valence-corrected chi connectivity index (χ1v) is 7.39. The third kappa shape index (κ3) is 3.01. The molecule has 0 aliphatic heterocycles. The Labute approximate surface area is 129 Å². The van der Waals surface area contributed by atoms with E-state index < -0.39 is 12.1 Å². The number of hydrogen-bond donors (Lipinski definition) is 1. The Hall–Kier alpha value is -2.61. The minimum atomic E-state index is -1.62. The van der Waals surface area contributed by atoms with Crippen LogP contribution in [-0.2, 0) is 4.79 Å². The van der Waals surface area contributed by atoms with Crippen LogP contribution in [0.5, 0.6) is 0 Å². The molecular weight excluding hydrogens is 305 g/mol. The molecule has 6 nitrogen and oxygen atoms in total. The van der Waals surface area contributed by atoms with Gasteiger partial charge in [-0.1, -0.05) is 6.07 Å². The molecule has 1 N–H and O–H groups in total. The van der Waals surface area contributed by atoms with Crippen molar-refractivity contribution in [3.63, 3.8) is 0 Å². The molecule has 0 aliphatic rings. The first-order chi connectivity index (χ1) is 10.6. The molecule has 22 heavy (non-hydrogen) atoms. The van der Waals surface area contributed by atoms with Crippen molar-refractivity contribution in [2.75, 3.05) is 5.32 Å². The van der Waals surface area contributed by atoms with Crippen LogP contribution in [0.25, 0.3) is 16.5 Å². The number of halogens is 1. The van der Waals surface area contributed by atoms with Crippen molar-refractivity contribution >= 4 is 23.1 Å². The molecule has 3 aromatic heterocycles. The van der Waals surface area contributed by atoms with Gasteiger partial charge in [-0.25, -0.2) is 19.0 Å². The number of hydrogen-bond acceptors (Lipinski definition) is 5. The van der Waals surface area contributed by atoms with Crippen LogP contribution in [0.1, 0.15) is 6.92 Å². The number of nitrogens with zero attached hydrogens (tertiary/aromatic N) is 4. The lowest BCUT2D eigenvalue weighted by molar-refractivity contribution is -0.120. The largest absolute Gasteiger partial charge is 0.308 e. The summed E-state index contributed by atoms with van der Waals surface area (Å²) in [5, 5.41) is 8.46. The lowest BCUT2D eigenvalue weighted by Crippen LogP contribution is -2.22. The Bertz CT molecular complexity index is 718. The standard InChI is InChI=1S/C14H12FN5OS/c1-9(15)14(21)18-11-8-12(20-6-3-5-16-20)19-13(17-11)10-4-2-7-22-10/h2-9H,1H3,(H,17,18,19,21). The molecule has 0 radical (unpaired) electrons. The number of alkyl halides is 1. The fourth-order valence-corrected chi connectivity index (χ4v) is 2.42. The molecule has 0 aromatic carbocycles. The van der Waals surface area contributed by atoms with Gasteiger partial charge in [0.15, 0.2) is 17.8 Å². The highest BCUT2D eigenvalue weighted by Crippen LogP contribution is 2.24. The van der Waals surface area contributed by atoms with E-state index in [0.717, 1.165) is 4.88 Å². The first-order valence-electron chi connectivity index (χ1n) is 6.51. The van der Waals surface area contributed by atoms with Crippen molar-refractivity contribution in [3.05, 3.63) is 42.0 Å². The van der Waals surface area contributed by atoms with E-state index in [4.69, 9.17) is 0 Å². The molecule has 3 aromatic rings. The van der Waals surface area contributed by atoms with Gasteiger partial charge >= 0.3 is 0 Å². The van der Waals surface area contributed by atoms with Crippen LogP contribution in [0.15, 0.2) is 42.0 Å². The zero-order valence-electron chi connectivity index (χ0n) is 11.6. The molecule has 0 spiro atoms. The number of aromatic nitrogens is 4. The highest BCUT2D eigenvalue weighted by Gasteiger charge is 2.15. The minimum absolute atomic E-state index is 0.235. The van der Waals surface area contributed by atoms with Crippen LogP contribution in [0, 0.1) is 0 Å². The van der Waals surface area contributed by atoms with Gasteiger partial charge in [0.25, 0.3) is 5.91 Å². The van der Waals surface area contributed by atoms with Crippen molar-refractivity contribution < 1.29 is 9.18 Å². The third-order valence-electron chi connectivity index (χ3n) is 2.81. The van der Waals surface area contributed by atoms with E-state index >= 15 is 0 Å². The lowest BCUT2D eigenvalue weighted by atomic mass is 10.4. The van der Waals surface area contributed by atoms with E-state index in [2.05, 4.69) is 20.4 Å². The van der Waals surface area contributed by atoms with E-state index in [-0.39, 0.29) is 5.82 Å². The van der Waals surface area contributed by atoms with Gasteiger partial charge in [-0.15, -0.1) is 11.3 Å². The highest BCUT2D eigenvalue weighted by molar-refractivity contribution is 7.13. The van der Waals surface area contributed by atoms with Crippen LogP contribution in [0.3, 0.4) is 0 Å². The predicted octanol–water partition coefficient (Wildman–Crippen LogP) is 2.69. The van der Waals surface area contributed by atoms with E-state index in [1.807, 2.05) is 17.5 Å². The summed E-state index contributed by atoms with van der Waals surface area (Å²) in [4.78, 5) is 21.1. The molecule has 112 valence electrons. The summed E-state index contributed by atoms with van der Waals surface area (Å²) in [6.45, 7) is 1.17. The second kappa shape index (κ2) is 6.02. The number of nitrogens with one attached hydrogen (secondary N) is 1. The maximum atomic E-state index is 13.1.